The number of halogens is 1. The second kappa shape index (κ2) is 10.3. The Morgan fingerprint density at radius 1 is 1.34 bits per heavy atom. The van der Waals surface area contributed by atoms with Gasteiger partial charge in [0.15, 0.2) is 5.82 Å². The van der Waals surface area contributed by atoms with Crippen LogP contribution >= 0.6 is 0 Å². The lowest BCUT2D eigenvalue weighted by Gasteiger charge is -2.16. The smallest absolute Gasteiger partial charge is 0.415 e. The molecule has 2 atom stereocenters. The molecular formula is C22H28FN9O3. The van der Waals surface area contributed by atoms with E-state index in [1.807, 2.05) is 6.07 Å². The Labute approximate surface area is 201 Å². The van der Waals surface area contributed by atoms with E-state index in [0.717, 1.165) is 24.1 Å². The maximum Gasteiger partial charge on any atom is 0.415 e. The number of anilines is 1. The minimum atomic E-state index is -0.372. The van der Waals surface area contributed by atoms with Gasteiger partial charge in [-0.1, -0.05) is 5.10 Å². The summed E-state index contributed by atoms with van der Waals surface area (Å²) in [7, 11) is 0. The van der Waals surface area contributed by atoms with Crippen molar-refractivity contribution in [3.63, 3.8) is 0 Å². The Morgan fingerprint density at radius 2 is 2.26 bits per heavy atom. The number of tetrazole rings is 1. The first-order valence-electron chi connectivity index (χ1n) is 11.7. The van der Waals surface area contributed by atoms with Gasteiger partial charge in [-0.2, -0.15) is 4.80 Å². The second-order valence-corrected chi connectivity index (χ2v) is 8.74. The van der Waals surface area contributed by atoms with Crippen LogP contribution in [0.5, 0.6) is 5.75 Å². The summed E-state index contributed by atoms with van der Waals surface area (Å²) < 4.78 is 25.8. The number of rotatable bonds is 10. The van der Waals surface area contributed by atoms with Crippen molar-refractivity contribution in [3.8, 4) is 5.75 Å². The highest BCUT2D eigenvalue weighted by Gasteiger charge is 2.33. The van der Waals surface area contributed by atoms with Gasteiger partial charge in [-0.15, -0.1) is 5.10 Å². The number of nitrogens with zero attached hydrogens (tertiary/aromatic N) is 6. The number of nitrogens with two attached hydrogens (primary N) is 1. The van der Waals surface area contributed by atoms with E-state index in [0.29, 0.717) is 56.5 Å². The summed E-state index contributed by atoms with van der Waals surface area (Å²) >= 11 is 0. The monoisotopic (exact) mass is 485 g/mol. The van der Waals surface area contributed by atoms with E-state index < -0.39 is 0 Å². The van der Waals surface area contributed by atoms with Gasteiger partial charge in [0.25, 0.3) is 5.95 Å². The first-order valence-corrected chi connectivity index (χ1v) is 11.7. The number of cyclic esters (lactones) is 1. The number of aliphatic imine (C=N–C) groups is 1. The molecule has 1 amide bonds. The number of hydrogen-bond acceptors (Lipinski definition) is 10. The number of nitrogens with one attached hydrogen (secondary N) is 2. The van der Waals surface area contributed by atoms with Crippen LogP contribution in [0.3, 0.4) is 0 Å². The molecule has 13 heteroatoms. The van der Waals surface area contributed by atoms with Gasteiger partial charge in [-0.25, -0.2) is 14.2 Å². The van der Waals surface area contributed by atoms with Gasteiger partial charge >= 0.3 is 6.09 Å². The molecule has 35 heavy (non-hydrogen) atoms. The molecule has 12 nitrogen and oxygen atoms in total. The number of aromatic nitrogens is 4. The number of carbonyl (C=O) groups excluding carboxylic acids is 1. The molecule has 2 unspecified atom stereocenters. The van der Waals surface area contributed by atoms with E-state index in [9.17, 15) is 9.18 Å². The number of nitrogen functional groups attached to an aromatic ring is 1. The van der Waals surface area contributed by atoms with Crippen molar-refractivity contribution in [1.29, 1.82) is 0 Å². The van der Waals surface area contributed by atoms with E-state index in [1.54, 1.807) is 17.3 Å². The highest BCUT2D eigenvalue weighted by atomic mass is 19.1. The average Bonchev–Trinajstić information content (AvgIpc) is 3.56. The number of benzene rings is 1. The largest absolute Gasteiger partial charge is 0.491 e. The fourth-order valence-corrected chi connectivity index (χ4v) is 4.53. The molecule has 3 heterocycles. The van der Waals surface area contributed by atoms with Crippen LogP contribution in [0.15, 0.2) is 29.1 Å². The van der Waals surface area contributed by atoms with Gasteiger partial charge in [0.1, 0.15) is 24.3 Å². The van der Waals surface area contributed by atoms with Crippen molar-refractivity contribution in [3.05, 3.63) is 41.1 Å². The molecule has 0 saturated carbocycles. The minimum absolute atomic E-state index is 0.101. The van der Waals surface area contributed by atoms with Gasteiger partial charge < -0.3 is 25.8 Å². The molecule has 1 aliphatic carbocycles. The molecule has 1 fully saturated rings. The zero-order chi connectivity index (χ0) is 24.2. The highest BCUT2D eigenvalue weighted by molar-refractivity contribution is 5.73. The molecule has 0 radical (unpaired) electrons. The molecule has 2 aliphatic heterocycles. The van der Waals surface area contributed by atoms with Gasteiger partial charge in [0.2, 0.25) is 0 Å². The fraction of sp³-hybridized carbons (Fsp3) is 0.500. The van der Waals surface area contributed by atoms with E-state index in [-0.39, 0.29) is 30.6 Å². The lowest BCUT2D eigenvalue weighted by atomic mass is 10.1. The summed E-state index contributed by atoms with van der Waals surface area (Å²) in [5, 5.41) is 17.7. The van der Waals surface area contributed by atoms with Crippen LogP contribution in [0.2, 0.25) is 0 Å². The Bertz CT molecular complexity index is 1140. The van der Waals surface area contributed by atoms with Crippen molar-refractivity contribution >= 4 is 18.3 Å². The molecule has 0 bridgehead atoms. The molecule has 1 saturated heterocycles. The summed E-state index contributed by atoms with van der Waals surface area (Å²) in [4.78, 5) is 19.2. The van der Waals surface area contributed by atoms with E-state index >= 15 is 0 Å². The molecule has 2 aromatic rings. The van der Waals surface area contributed by atoms with Crippen LogP contribution < -0.4 is 21.1 Å². The highest BCUT2D eigenvalue weighted by Crippen LogP contribution is 2.32. The normalized spacial score (nSPS) is 21.0. The SMILES string of the molecule is Nc1nnn(CCOc2cc(F)c3c(c2)CC(CNCCC2CN(C4=CNCC=N4)C(=O)O2)C3)n1. The number of ether oxygens (including phenoxy) is 2. The quantitative estimate of drug-likeness (QED) is 0.409. The summed E-state index contributed by atoms with van der Waals surface area (Å²) in [6.07, 6.45) is 5.05. The first-order chi connectivity index (χ1) is 17.0. The third-order valence-electron chi connectivity index (χ3n) is 6.18. The third-order valence-corrected chi connectivity index (χ3v) is 6.18. The number of amides is 1. The zero-order valence-electron chi connectivity index (χ0n) is 19.2. The molecule has 0 spiro atoms. The number of carbonyl (C=O) groups is 1. The lowest BCUT2D eigenvalue weighted by Crippen LogP contribution is -2.29. The Kier molecular flexibility index (Phi) is 6.75. The minimum Gasteiger partial charge on any atom is -0.491 e. The molecule has 1 aromatic heterocycles. The maximum absolute atomic E-state index is 14.7. The Hall–Kier alpha value is -3.74. The second-order valence-electron chi connectivity index (χ2n) is 8.74. The molecular weight excluding hydrogens is 457 g/mol. The first kappa shape index (κ1) is 23.0. The predicted octanol–water partition coefficient (Wildman–Crippen LogP) is 0.462. The van der Waals surface area contributed by atoms with E-state index in [2.05, 4.69) is 31.0 Å². The Balaban J connectivity index is 1.04. The Morgan fingerprint density at radius 3 is 3.06 bits per heavy atom. The van der Waals surface area contributed by atoms with Crippen LogP contribution in [0.4, 0.5) is 15.1 Å². The number of hydrogen-bond donors (Lipinski definition) is 3. The van der Waals surface area contributed by atoms with Crippen molar-refractivity contribution < 1.29 is 18.7 Å². The summed E-state index contributed by atoms with van der Waals surface area (Å²) in [6, 6.07) is 3.34. The predicted molar refractivity (Wildman–Crippen MR) is 124 cm³/mol. The zero-order valence-corrected chi connectivity index (χ0v) is 19.2. The van der Waals surface area contributed by atoms with Crippen LogP contribution in [0.1, 0.15) is 17.5 Å². The molecule has 3 aliphatic rings. The van der Waals surface area contributed by atoms with Crippen LogP contribution in [-0.2, 0) is 24.1 Å². The maximum atomic E-state index is 14.7. The third kappa shape index (κ3) is 5.50. The fourth-order valence-electron chi connectivity index (χ4n) is 4.53. The van der Waals surface area contributed by atoms with Crippen molar-refractivity contribution in [2.24, 2.45) is 10.9 Å². The van der Waals surface area contributed by atoms with E-state index in [4.69, 9.17) is 15.2 Å². The van der Waals surface area contributed by atoms with Crippen molar-refractivity contribution in [1.82, 2.24) is 35.7 Å². The van der Waals surface area contributed by atoms with Crippen molar-refractivity contribution in [2.45, 2.75) is 31.9 Å². The van der Waals surface area contributed by atoms with Gasteiger partial charge in [-0.05, 0) is 60.7 Å². The van der Waals surface area contributed by atoms with Crippen molar-refractivity contribution in [2.75, 3.05) is 38.5 Å². The topological polar surface area (TPSA) is 145 Å². The summed E-state index contributed by atoms with van der Waals surface area (Å²) in [5.74, 6) is 1.22. The van der Waals surface area contributed by atoms with Crippen LogP contribution in [-0.4, -0.2) is 76.3 Å². The van der Waals surface area contributed by atoms with Crippen LogP contribution in [0.25, 0.3) is 0 Å². The molecule has 1 aromatic carbocycles. The van der Waals surface area contributed by atoms with Gasteiger partial charge in [0.05, 0.1) is 13.1 Å². The van der Waals surface area contributed by atoms with Gasteiger partial charge in [0, 0.05) is 25.0 Å². The summed E-state index contributed by atoms with van der Waals surface area (Å²) in [5.41, 5.74) is 7.17. The standard InChI is InChI=1S/C22H28FN9O3/c23-19-10-17(34-6-5-32-29-21(24)28-30-32)9-15-7-14(8-18(15)19)11-25-2-1-16-13-31(22(33)35-16)20-12-26-3-4-27-20/h4,9-10,12,14,16,25-26H,1-3,5-8,11,13H2,(H2,24,29). The average molecular weight is 486 g/mol. The molecule has 186 valence electrons. The molecule has 4 N–H and O–H groups in total. The lowest BCUT2D eigenvalue weighted by molar-refractivity contribution is 0.130. The molecule has 5 rings (SSSR count). The van der Waals surface area contributed by atoms with Gasteiger partial charge in [-0.3, -0.25) is 4.90 Å². The van der Waals surface area contributed by atoms with E-state index in [1.165, 1.54) is 10.9 Å². The summed E-state index contributed by atoms with van der Waals surface area (Å²) in [6.45, 7) is 3.24. The number of fused-ring (bicyclic) bond motifs is 1. The van der Waals surface area contributed by atoms with Crippen LogP contribution in [0, 0.1) is 11.7 Å².